The largest absolute Gasteiger partial charge is 0.497 e. The highest BCUT2D eigenvalue weighted by molar-refractivity contribution is 7.98. The number of aromatic nitrogens is 2. The molecule has 8 nitrogen and oxygen atoms in total. The molecule has 136 valence electrons. The zero-order valence-corrected chi connectivity index (χ0v) is 15.2. The van der Waals surface area contributed by atoms with Gasteiger partial charge in [0, 0.05) is 6.07 Å². The number of carbonyl (C=O) groups excluding carboxylic acids is 1. The van der Waals surface area contributed by atoms with E-state index in [2.05, 4.69) is 14.9 Å². The van der Waals surface area contributed by atoms with Crippen molar-refractivity contribution >= 4 is 17.7 Å². The van der Waals surface area contributed by atoms with E-state index in [4.69, 9.17) is 18.3 Å². The van der Waals surface area contributed by atoms with Crippen LogP contribution in [0.25, 0.3) is 11.5 Å². The summed E-state index contributed by atoms with van der Waals surface area (Å²) in [5.41, 5.74) is 0.665. The molecule has 0 bridgehead atoms. The van der Waals surface area contributed by atoms with Crippen molar-refractivity contribution in [1.29, 1.82) is 0 Å². The highest BCUT2D eigenvalue weighted by Crippen LogP contribution is 2.34. The molecule has 3 rings (SSSR count). The monoisotopic (exact) mass is 376 g/mol. The summed E-state index contributed by atoms with van der Waals surface area (Å²) >= 11 is 1.29. The van der Waals surface area contributed by atoms with Gasteiger partial charge in [-0.3, -0.25) is 0 Å². The molecule has 0 saturated carbocycles. The van der Waals surface area contributed by atoms with E-state index in [1.54, 1.807) is 44.6 Å². The summed E-state index contributed by atoms with van der Waals surface area (Å²) in [6.45, 7) is 0. The Bertz CT molecular complexity index is 904. The average molecular weight is 376 g/mol. The molecule has 0 amide bonds. The van der Waals surface area contributed by atoms with Crippen LogP contribution in [0.3, 0.4) is 0 Å². The first-order chi connectivity index (χ1) is 12.6. The van der Waals surface area contributed by atoms with Gasteiger partial charge in [0.1, 0.15) is 17.3 Å². The molecular weight excluding hydrogens is 360 g/mol. The summed E-state index contributed by atoms with van der Waals surface area (Å²) < 4.78 is 26.2. The normalized spacial score (nSPS) is 10.6. The Morgan fingerprint density at radius 3 is 2.65 bits per heavy atom. The molecule has 26 heavy (non-hydrogen) atoms. The van der Waals surface area contributed by atoms with Gasteiger partial charge < -0.3 is 23.0 Å². The minimum Gasteiger partial charge on any atom is -0.497 e. The molecule has 0 spiro atoms. The van der Waals surface area contributed by atoms with E-state index in [9.17, 15) is 4.79 Å². The van der Waals surface area contributed by atoms with E-state index in [-0.39, 0.29) is 5.76 Å². The second-order valence-electron chi connectivity index (χ2n) is 4.99. The lowest BCUT2D eigenvalue weighted by Crippen LogP contribution is -1.98. The van der Waals surface area contributed by atoms with Gasteiger partial charge >= 0.3 is 5.97 Å². The number of carbonyl (C=O) groups is 1. The van der Waals surface area contributed by atoms with Crippen LogP contribution in [0.1, 0.15) is 16.3 Å². The first kappa shape index (κ1) is 17.9. The van der Waals surface area contributed by atoms with E-state index >= 15 is 0 Å². The standard InChI is InChI=1S/C17H16N2O6S/c1-21-10-4-6-12(14(8-10)22-2)15-18-19-17(25-15)26-9-11-5-7-13(24-11)16(20)23-3/h4-8H,9H2,1-3H3. The molecule has 0 radical (unpaired) electrons. The average Bonchev–Trinajstić information content (AvgIpc) is 3.34. The van der Waals surface area contributed by atoms with E-state index in [1.165, 1.54) is 18.9 Å². The van der Waals surface area contributed by atoms with E-state index in [1.807, 2.05) is 0 Å². The van der Waals surface area contributed by atoms with E-state index in [0.29, 0.717) is 39.7 Å². The highest BCUT2D eigenvalue weighted by atomic mass is 32.2. The summed E-state index contributed by atoms with van der Waals surface area (Å²) in [5, 5.41) is 8.43. The van der Waals surface area contributed by atoms with Gasteiger partial charge in [0.15, 0.2) is 0 Å². The fourth-order valence-corrected chi connectivity index (χ4v) is 2.81. The van der Waals surface area contributed by atoms with Gasteiger partial charge in [0.2, 0.25) is 5.76 Å². The van der Waals surface area contributed by atoms with Crippen molar-refractivity contribution in [2.45, 2.75) is 11.0 Å². The van der Waals surface area contributed by atoms with Gasteiger partial charge in [0.05, 0.1) is 32.6 Å². The van der Waals surface area contributed by atoms with Gasteiger partial charge in [-0.15, -0.1) is 10.2 Å². The molecule has 9 heteroatoms. The number of nitrogens with zero attached hydrogens (tertiary/aromatic N) is 2. The van der Waals surface area contributed by atoms with Crippen LogP contribution >= 0.6 is 11.8 Å². The summed E-state index contributed by atoms with van der Waals surface area (Å²) in [6.07, 6.45) is 0. The maximum Gasteiger partial charge on any atom is 0.373 e. The van der Waals surface area contributed by atoms with E-state index < -0.39 is 5.97 Å². The molecule has 1 aromatic carbocycles. The van der Waals surface area contributed by atoms with Crippen molar-refractivity contribution < 1.29 is 27.8 Å². The summed E-state index contributed by atoms with van der Waals surface area (Å²) in [6, 6.07) is 8.57. The van der Waals surface area contributed by atoms with Crippen molar-refractivity contribution in [3.8, 4) is 23.0 Å². The maximum absolute atomic E-state index is 11.4. The van der Waals surface area contributed by atoms with Gasteiger partial charge in [-0.25, -0.2) is 4.79 Å². The number of esters is 1. The zero-order valence-electron chi connectivity index (χ0n) is 14.3. The zero-order chi connectivity index (χ0) is 18.5. The first-order valence-corrected chi connectivity index (χ1v) is 8.49. The van der Waals surface area contributed by atoms with Crippen LogP contribution in [0.5, 0.6) is 11.5 Å². The molecule has 2 aromatic heterocycles. The minimum absolute atomic E-state index is 0.150. The van der Waals surface area contributed by atoms with Crippen molar-refractivity contribution in [2.75, 3.05) is 21.3 Å². The number of hydrogen-bond donors (Lipinski definition) is 0. The number of benzene rings is 1. The summed E-state index contributed by atoms with van der Waals surface area (Å²) in [5.74, 6) is 2.22. The van der Waals surface area contributed by atoms with Crippen LogP contribution in [-0.4, -0.2) is 37.5 Å². The van der Waals surface area contributed by atoms with Crippen LogP contribution in [0, 0.1) is 0 Å². The topological polar surface area (TPSA) is 96.8 Å². The van der Waals surface area contributed by atoms with Crippen LogP contribution < -0.4 is 9.47 Å². The second-order valence-corrected chi connectivity index (χ2v) is 5.91. The van der Waals surface area contributed by atoms with Crippen molar-refractivity contribution in [3.05, 3.63) is 41.9 Å². The predicted molar refractivity (Wildman–Crippen MR) is 92.4 cm³/mol. The SMILES string of the molecule is COC(=O)c1ccc(CSc2nnc(-c3ccc(OC)cc3OC)o2)o1. The Morgan fingerprint density at radius 2 is 1.92 bits per heavy atom. The third-order valence-electron chi connectivity index (χ3n) is 3.43. The molecule has 0 aliphatic carbocycles. The minimum atomic E-state index is -0.520. The predicted octanol–water partition coefficient (Wildman–Crippen LogP) is 3.43. The molecule has 2 heterocycles. The Balaban J connectivity index is 1.70. The second kappa shape index (κ2) is 7.96. The highest BCUT2D eigenvalue weighted by Gasteiger charge is 2.16. The number of rotatable bonds is 7. The Hall–Kier alpha value is -2.94. The summed E-state index contributed by atoms with van der Waals surface area (Å²) in [4.78, 5) is 11.4. The fraction of sp³-hybridized carbons (Fsp3) is 0.235. The lowest BCUT2D eigenvalue weighted by molar-refractivity contribution is 0.0563. The lowest BCUT2D eigenvalue weighted by atomic mass is 10.2. The number of hydrogen-bond acceptors (Lipinski definition) is 9. The van der Waals surface area contributed by atoms with Crippen LogP contribution in [0.15, 0.2) is 44.4 Å². The molecule has 0 aliphatic heterocycles. The molecular formula is C17H16N2O6S. The Labute approximate surface area is 153 Å². The van der Waals surface area contributed by atoms with Crippen molar-refractivity contribution in [3.63, 3.8) is 0 Å². The van der Waals surface area contributed by atoms with Gasteiger partial charge in [-0.2, -0.15) is 0 Å². The molecule has 0 fully saturated rings. The van der Waals surface area contributed by atoms with Crippen molar-refractivity contribution in [2.24, 2.45) is 0 Å². The van der Waals surface area contributed by atoms with E-state index in [0.717, 1.165) is 0 Å². The third kappa shape index (κ3) is 3.83. The molecule has 0 aliphatic rings. The molecule has 0 N–H and O–H groups in total. The van der Waals surface area contributed by atoms with Crippen molar-refractivity contribution in [1.82, 2.24) is 10.2 Å². The molecule has 0 atom stereocenters. The quantitative estimate of drug-likeness (QED) is 0.454. The Morgan fingerprint density at radius 1 is 1.08 bits per heavy atom. The van der Waals surface area contributed by atoms with Gasteiger partial charge in [-0.1, -0.05) is 11.8 Å². The van der Waals surface area contributed by atoms with Crippen LogP contribution in [0.4, 0.5) is 0 Å². The van der Waals surface area contributed by atoms with Gasteiger partial charge in [-0.05, 0) is 24.3 Å². The van der Waals surface area contributed by atoms with Crippen LogP contribution in [-0.2, 0) is 10.5 Å². The van der Waals surface area contributed by atoms with Gasteiger partial charge in [0.25, 0.3) is 11.1 Å². The third-order valence-corrected chi connectivity index (χ3v) is 4.27. The smallest absolute Gasteiger partial charge is 0.373 e. The first-order valence-electron chi connectivity index (χ1n) is 7.50. The molecule has 3 aromatic rings. The summed E-state index contributed by atoms with van der Waals surface area (Å²) in [7, 11) is 4.43. The number of ether oxygens (including phenoxy) is 3. The molecule has 0 unspecified atom stereocenters. The molecule has 0 saturated heterocycles. The number of thioether (sulfide) groups is 1. The number of furan rings is 1. The Kier molecular flexibility index (Phi) is 5.47. The fourth-order valence-electron chi connectivity index (χ4n) is 2.15. The lowest BCUT2D eigenvalue weighted by Gasteiger charge is -2.07. The number of methoxy groups -OCH3 is 3. The van der Waals surface area contributed by atoms with Crippen LogP contribution in [0.2, 0.25) is 0 Å². The maximum atomic E-state index is 11.4.